The number of ketones is 1. The summed E-state index contributed by atoms with van der Waals surface area (Å²) in [5.74, 6) is -2.06. The van der Waals surface area contributed by atoms with E-state index in [-0.39, 0.29) is 11.7 Å². The molecule has 0 spiro atoms. The van der Waals surface area contributed by atoms with Gasteiger partial charge >= 0.3 is 5.97 Å². The quantitative estimate of drug-likeness (QED) is 0.613. The third-order valence-corrected chi connectivity index (χ3v) is 2.65. The summed E-state index contributed by atoms with van der Waals surface area (Å²) < 4.78 is 5.60. The number of para-hydroxylation sites is 1. The molecule has 1 aromatic rings. The van der Waals surface area contributed by atoms with Crippen LogP contribution < -0.4 is 4.74 Å². The van der Waals surface area contributed by atoms with Crippen LogP contribution in [0, 0.1) is 0 Å². The Morgan fingerprint density at radius 3 is 2.59 bits per heavy atom. The van der Waals surface area contributed by atoms with Gasteiger partial charge in [0.25, 0.3) is 5.78 Å². The number of ether oxygens (including phenoxy) is 1. The third-order valence-electron chi connectivity index (χ3n) is 2.65. The topological polar surface area (TPSA) is 66.8 Å². The number of carboxylic acid groups (broad SMARTS) is 1. The number of carbonyl (C=O) groups excluding carboxylic acids is 1. The van der Waals surface area contributed by atoms with Crippen molar-refractivity contribution in [3.05, 3.63) is 29.8 Å². The second-order valence-electron chi connectivity index (χ2n) is 4.09. The first-order valence-electron chi connectivity index (χ1n) is 5.30. The van der Waals surface area contributed by atoms with Gasteiger partial charge in [-0.05, 0) is 19.2 Å². The number of Topliss-reactive ketones (excluding diaryl/α,β-unsaturated/α-hetero) is 1. The molecule has 5 heteroatoms. The predicted octanol–water partition coefficient (Wildman–Crippen LogP) is 0.647. The zero-order valence-corrected chi connectivity index (χ0v) is 9.42. The normalized spacial score (nSPS) is 16.3. The summed E-state index contributed by atoms with van der Waals surface area (Å²) in [5.41, 5.74) is 0.106. The molecule has 0 bridgehead atoms. The van der Waals surface area contributed by atoms with E-state index < -0.39 is 11.8 Å². The summed E-state index contributed by atoms with van der Waals surface area (Å²) in [6, 6.07) is 6.43. The smallest absolute Gasteiger partial charge is 0.377 e. The van der Waals surface area contributed by atoms with Gasteiger partial charge in [-0.25, -0.2) is 4.79 Å². The molecule has 1 aromatic carbocycles. The van der Waals surface area contributed by atoms with Crippen LogP contribution in [0.1, 0.15) is 10.4 Å². The number of likely N-dealkylation sites (N-methyl/N-ethyl adjacent to an activating group) is 1. The summed E-state index contributed by atoms with van der Waals surface area (Å²) in [6.07, 6.45) is 0.0303. The van der Waals surface area contributed by atoms with Crippen LogP contribution in [0.3, 0.4) is 0 Å². The first-order valence-corrected chi connectivity index (χ1v) is 5.30. The van der Waals surface area contributed by atoms with Crippen molar-refractivity contribution in [3.63, 3.8) is 0 Å². The minimum atomic E-state index is -1.47. The van der Waals surface area contributed by atoms with Crippen molar-refractivity contribution in [2.75, 3.05) is 20.1 Å². The van der Waals surface area contributed by atoms with E-state index in [1.54, 1.807) is 18.2 Å². The monoisotopic (exact) mass is 235 g/mol. The van der Waals surface area contributed by atoms with E-state index in [9.17, 15) is 9.59 Å². The van der Waals surface area contributed by atoms with E-state index in [0.29, 0.717) is 5.75 Å². The van der Waals surface area contributed by atoms with Crippen LogP contribution in [0.2, 0.25) is 0 Å². The number of rotatable bonds is 4. The van der Waals surface area contributed by atoms with E-state index in [2.05, 4.69) is 4.90 Å². The van der Waals surface area contributed by atoms with Gasteiger partial charge in [0.15, 0.2) is 0 Å². The van der Waals surface area contributed by atoms with Crippen LogP contribution in [0.15, 0.2) is 24.3 Å². The van der Waals surface area contributed by atoms with Crippen LogP contribution in [0.5, 0.6) is 5.75 Å². The Kier molecular flexibility index (Phi) is 3.10. The van der Waals surface area contributed by atoms with Gasteiger partial charge in [-0.2, -0.15) is 0 Å². The second kappa shape index (κ2) is 4.55. The fourth-order valence-electron chi connectivity index (χ4n) is 1.77. The first kappa shape index (κ1) is 11.6. The van der Waals surface area contributed by atoms with Crippen molar-refractivity contribution in [3.8, 4) is 5.75 Å². The minimum absolute atomic E-state index is 0.0303. The van der Waals surface area contributed by atoms with Crippen molar-refractivity contribution in [1.82, 2.24) is 4.90 Å². The van der Waals surface area contributed by atoms with Crippen LogP contribution in [0.4, 0.5) is 0 Å². The lowest BCUT2D eigenvalue weighted by Gasteiger charge is -2.36. The Labute approximate surface area is 98.6 Å². The zero-order chi connectivity index (χ0) is 12.4. The number of likely N-dealkylation sites (tertiary alicyclic amines) is 1. The molecule has 0 radical (unpaired) electrons. The van der Waals surface area contributed by atoms with E-state index >= 15 is 0 Å². The number of benzene rings is 1. The molecule has 0 saturated carbocycles. The third kappa shape index (κ3) is 2.45. The molecule has 1 aliphatic heterocycles. The lowest BCUT2D eigenvalue weighted by Crippen LogP contribution is -2.51. The molecule has 90 valence electrons. The van der Waals surface area contributed by atoms with E-state index in [1.807, 2.05) is 7.05 Å². The fourth-order valence-corrected chi connectivity index (χ4v) is 1.77. The van der Waals surface area contributed by atoms with Crippen LogP contribution in [0.25, 0.3) is 0 Å². The highest BCUT2D eigenvalue weighted by molar-refractivity contribution is 6.40. The van der Waals surface area contributed by atoms with Gasteiger partial charge in [0.1, 0.15) is 11.9 Å². The molecule has 1 aliphatic rings. The number of aliphatic carboxylic acids is 1. The fraction of sp³-hybridized carbons (Fsp3) is 0.333. The number of hydrogen-bond donors (Lipinski definition) is 1. The molecule has 0 atom stereocenters. The Morgan fingerprint density at radius 1 is 1.35 bits per heavy atom. The lowest BCUT2D eigenvalue weighted by atomic mass is 10.1. The molecule has 17 heavy (non-hydrogen) atoms. The van der Waals surface area contributed by atoms with Gasteiger partial charge in [0, 0.05) is 13.1 Å². The van der Waals surface area contributed by atoms with Crippen molar-refractivity contribution in [1.29, 1.82) is 0 Å². The molecule has 0 aliphatic carbocycles. The van der Waals surface area contributed by atoms with E-state index in [4.69, 9.17) is 9.84 Å². The summed E-state index contributed by atoms with van der Waals surface area (Å²) >= 11 is 0. The van der Waals surface area contributed by atoms with Crippen molar-refractivity contribution in [2.45, 2.75) is 6.10 Å². The number of carboxylic acids is 1. The molecule has 0 amide bonds. The average molecular weight is 235 g/mol. The molecule has 1 N–H and O–H groups in total. The number of hydrogen-bond acceptors (Lipinski definition) is 4. The SMILES string of the molecule is CN1CC(Oc2ccccc2C(=O)C(=O)O)C1. The predicted molar refractivity (Wildman–Crippen MR) is 60.3 cm³/mol. The molecular weight excluding hydrogens is 222 g/mol. The summed E-state index contributed by atoms with van der Waals surface area (Å²) in [4.78, 5) is 24.2. The highest BCUT2D eigenvalue weighted by Gasteiger charge is 2.27. The van der Waals surface area contributed by atoms with Crippen LogP contribution in [-0.2, 0) is 4.79 Å². The second-order valence-corrected chi connectivity index (χ2v) is 4.09. The number of nitrogens with zero attached hydrogens (tertiary/aromatic N) is 1. The summed E-state index contributed by atoms with van der Waals surface area (Å²) in [6.45, 7) is 1.57. The average Bonchev–Trinajstić information content (AvgIpc) is 2.26. The van der Waals surface area contributed by atoms with Gasteiger partial charge in [0.2, 0.25) is 0 Å². The summed E-state index contributed by atoms with van der Waals surface area (Å²) in [5, 5.41) is 8.69. The molecule has 0 aromatic heterocycles. The van der Waals surface area contributed by atoms with E-state index in [0.717, 1.165) is 13.1 Å². The standard InChI is InChI=1S/C12H13NO4/c1-13-6-8(7-13)17-10-5-3-2-4-9(10)11(14)12(15)16/h2-5,8H,6-7H2,1H3,(H,15,16). The molecule has 5 nitrogen and oxygen atoms in total. The van der Waals surface area contributed by atoms with Crippen LogP contribution in [-0.4, -0.2) is 48.0 Å². The largest absolute Gasteiger partial charge is 0.487 e. The van der Waals surface area contributed by atoms with Crippen molar-refractivity contribution in [2.24, 2.45) is 0 Å². The molecule has 1 heterocycles. The maximum atomic E-state index is 11.4. The first-order chi connectivity index (χ1) is 8.08. The molecule has 1 fully saturated rings. The Hall–Kier alpha value is -1.88. The Morgan fingerprint density at radius 2 is 2.00 bits per heavy atom. The maximum Gasteiger partial charge on any atom is 0.377 e. The van der Waals surface area contributed by atoms with Crippen molar-refractivity contribution >= 4 is 11.8 Å². The minimum Gasteiger partial charge on any atom is -0.487 e. The molecular formula is C12H13NO4. The van der Waals surface area contributed by atoms with Gasteiger partial charge in [-0.3, -0.25) is 9.69 Å². The van der Waals surface area contributed by atoms with E-state index in [1.165, 1.54) is 6.07 Å². The van der Waals surface area contributed by atoms with Gasteiger partial charge in [-0.1, -0.05) is 12.1 Å². The van der Waals surface area contributed by atoms with Crippen molar-refractivity contribution < 1.29 is 19.4 Å². The summed E-state index contributed by atoms with van der Waals surface area (Å²) in [7, 11) is 1.97. The molecule has 2 rings (SSSR count). The lowest BCUT2D eigenvalue weighted by molar-refractivity contribution is -0.131. The van der Waals surface area contributed by atoms with Gasteiger partial charge in [0.05, 0.1) is 5.56 Å². The Bertz CT molecular complexity index is 452. The molecule has 1 saturated heterocycles. The molecule has 0 unspecified atom stereocenters. The Balaban J connectivity index is 2.16. The van der Waals surface area contributed by atoms with Crippen LogP contribution >= 0.6 is 0 Å². The highest BCUT2D eigenvalue weighted by atomic mass is 16.5. The van der Waals surface area contributed by atoms with Gasteiger partial charge < -0.3 is 9.84 Å². The number of carbonyl (C=O) groups is 2. The maximum absolute atomic E-state index is 11.4. The van der Waals surface area contributed by atoms with Gasteiger partial charge in [-0.15, -0.1) is 0 Å². The zero-order valence-electron chi connectivity index (χ0n) is 9.42. The highest BCUT2D eigenvalue weighted by Crippen LogP contribution is 2.22.